The molecule has 0 amide bonds. The van der Waals surface area contributed by atoms with E-state index >= 15 is 0 Å². The molecule has 0 aliphatic carbocycles. The van der Waals surface area contributed by atoms with Gasteiger partial charge in [0.1, 0.15) is 11.6 Å². The van der Waals surface area contributed by atoms with Gasteiger partial charge in [-0.15, -0.1) is 0 Å². The molecule has 2 aromatic rings. The summed E-state index contributed by atoms with van der Waals surface area (Å²) >= 11 is 0. The van der Waals surface area contributed by atoms with Crippen LogP contribution in [0.2, 0.25) is 0 Å². The number of cyclic esters (lactones) is 1. The lowest BCUT2D eigenvalue weighted by molar-refractivity contribution is -0.129. The Bertz CT molecular complexity index is 851. The van der Waals surface area contributed by atoms with Gasteiger partial charge in [0.2, 0.25) is 5.90 Å². The highest BCUT2D eigenvalue weighted by Crippen LogP contribution is 2.18. The first kappa shape index (κ1) is 15.7. The third-order valence-corrected chi connectivity index (χ3v) is 3.32. The van der Waals surface area contributed by atoms with E-state index in [4.69, 9.17) is 9.47 Å². The maximum Gasteiger partial charge on any atom is 0.363 e. The van der Waals surface area contributed by atoms with Crippen LogP contribution >= 0.6 is 0 Å². The summed E-state index contributed by atoms with van der Waals surface area (Å²) in [5, 5.41) is 0. The van der Waals surface area contributed by atoms with Crippen molar-refractivity contribution in [3.63, 3.8) is 0 Å². The molecule has 0 N–H and O–H groups in total. The van der Waals surface area contributed by atoms with Crippen LogP contribution in [0.1, 0.15) is 11.1 Å². The number of esters is 1. The summed E-state index contributed by atoms with van der Waals surface area (Å²) in [6, 6.07) is 13.3. The molecule has 3 rings (SSSR count). The van der Waals surface area contributed by atoms with E-state index in [1.165, 1.54) is 18.2 Å². The SMILES string of the molecule is COc1ccc(/C=C/C2=NC(=C\c3cccc(F)c3)/C(=O)O2)cc1. The fourth-order valence-electron chi connectivity index (χ4n) is 2.13. The Hall–Kier alpha value is -3.21. The Balaban J connectivity index is 1.77. The molecule has 0 bridgehead atoms. The molecule has 24 heavy (non-hydrogen) atoms. The van der Waals surface area contributed by atoms with Crippen molar-refractivity contribution in [2.75, 3.05) is 7.11 Å². The van der Waals surface area contributed by atoms with Gasteiger partial charge >= 0.3 is 5.97 Å². The number of ether oxygens (including phenoxy) is 2. The second-order valence-electron chi connectivity index (χ2n) is 5.03. The lowest BCUT2D eigenvalue weighted by Crippen LogP contribution is -2.01. The number of carbonyl (C=O) groups excluding carboxylic acids is 1. The van der Waals surface area contributed by atoms with E-state index in [0.717, 1.165) is 11.3 Å². The van der Waals surface area contributed by atoms with Crippen molar-refractivity contribution in [3.8, 4) is 5.75 Å². The zero-order valence-corrected chi connectivity index (χ0v) is 12.9. The van der Waals surface area contributed by atoms with Crippen LogP contribution in [0.15, 0.2) is 65.3 Å². The fourth-order valence-corrected chi connectivity index (χ4v) is 2.13. The van der Waals surface area contributed by atoms with Crippen LogP contribution in [0, 0.1) is 5.82 Å². The fraction of sp³-hybridized carbons (Fsp3) is 0.0526. The van der Waals surface area contributed by atoms with Crippen LogP contribution in [0.5, 0.6) is 5.75 Å². The van der Waals surface area contributed by atoms with Crippen molar-refractivity contribution in [1.82, 2.24) is 0 Å². The first-order chi connectivity index (χ1) is 11.6. The largest absolute Gasteiger partial charge is 0.497 e. The maximum atomic E-state index is 13.2. The first-order valence-electron chi connectivity index (χ1n) is 7.24. The number of aliphatic imine (C=N–C) groups is 1. The summed E-state index contributed by atoms with van der Waals surface area (Å²) in [7, 11) is 1.60. The number of methoxy groups -OCH3 is 1. The minimum atomic E-state index is -0.561. The summed E-state index contributed by atoms with van der Waals surface area (Å²) in [5.74, 6) is 0.0172. The summed E-state index contributed by atoms with van der Waals surface area (Å²) in [6.07, 6.45) is 4.86. The molecule has 5 heteroatoms. The predicted molar refractivity (Wildman–Crippen MR) is 89.9 cm³/mol. The van der Waals surface area contributed by atoms with Crippen LogP contribution in [-0.4, -0.2) is 19.0 Å². The Kier molecular flexibility index (Phi) is 4.52. The molecule has 1 aliphatic heterocycles. The topological polar surface area (TPSA) is 47.9 Å². The molecule has 0 saturated carbocycles. The first-order valence-corrected chi connectivity index (χ1v) is 7.24. The maximum absolute atomic E-state index is 13.2. The minimum Gasteiger partial charge on any atom is -0.497 e. The van der Waals surface area contributed by atoms with Gasteiger partial charge in [0.25, 0.3) is 0 Å². The molecule has 0 saturated heterocycles. The van der Waals surface area contributed by atoms with Gasteiger partial charge in [-0.25, -0.2) is 14.2 Å². The lowest BCUT2D eigenvalue weighted by Gasteiger charge is -1.98. The molecule has 0 atom stereocenters. The predicted octanol–water partition coefficient (Wildman–Crippen LogP) is 3.84. The molecule has 0 unspecified atom stereocenters. The van der Waals surface area contributed by atoms with Gasteiger partial charge in [-0.2, -0.15) is 0 Å². The van der Waals surface area contributed by atoms with Crippen molar-refractivity contribution in [2.45, 2.75) is 0 Å². The van der Waals surface area contributed by atoms with E-state index in [-0.39, 0.29) is 17.4 Å². The number of nitrogens with zero attached hydrogens (tertiary/aromatic N) is 1. The molecule has 0 fully saturated rings. The van der Waals surface area contributed by atoms with E-state index < -0.39 is 5.97 Å². The van der Waals surface area contributed by atoms with Gasteiger partial charge in [0, 0.05) is 6.08 Å². The van der Waals surface area contributed by atoms with Gasteiger partial charge in [-0.1, -0.05) is 24.3 Å². The molecule has 120 valence electrons. The number of hydrogen-bond acceptors (Lipinski definition) is 4. The Morgan fingerprint density at radius 2 is 1.88 bits per heavy atom. The van der Waals surface area contributed by atoms with Gasteiger partial charge in [-0.05, 0) is 47.5 Å². The molecular formula is C19H14FNO3. The molecule has 0 radical (unpaired) electrons. The van der Waals surface area contributed by atoms with Crippen LogP contribution in [0.25, 0.3) is 12.2 Å². The normalized spacial score (nSPS) is 15.7. The zero-order valence-electron chi connectivity index (χ0n) is 12.9. The Morgan fingerprint density at radius 1 is 1.08 bits per heavy atom. The monoisotopic (exact) mass is 323 g/mol. The van der Waals surface area contributed by atoms with E-state index in [0.29, 0.717) is 5.56 Å². The second kappa shape index (κ2) is 6.91. The van der Waals surface area contributed by atoms with Crippen LogP contribution in [-0.2, 0) is 9.53 Å². The average Bonchev–Trinajstić information content (AvgIpc) is 2.93. The quantitative estimate of drug-likeness (QED) is 0.634. The van der Waals surface area contributed by atoms with E-state index in [2.05, 4.69) is 4.99 Å². The third kappa shape index (κ3) is 3.76. The van der Waals surface area contributed by atoms with Crippen molar-refractivity contribution >= 4 is 24.0 Å². The number of rotatable bonds is 4. The van der Waals surface area contributed by atoms with Gasteiger partial charge in [0.05, 0.1) is 7.11 Å². The van der Waals surface area contributed by atoms with Crippen molar-refractivity contribution in [1.29, 1.82) is 0 Å². The molecule has 4 nitrogen and oxygen atoms in total. The summed E-state index contributed by atoms with van der Waals surface area (Å²) in [4.78, 5) is 15.9. The summed E-state index contributed by atoms with van der Waals surface area (Å²) in [6.45, 7) is 0. The molecule has 0 spiro atoms. The van der Waals surface area contributed by atoms with Crippen LogP contribution in [0.3, 0.4) is 0 Å². The summed E-state index contributed by atoms with van der Waals surface area (Å²) in [5.41, 5.74) is 1.60. The zero-order chi connectivity index (χ0) is 16.9. The highest BCUT2D eigenvalue weighted by atomic mass is 19.1. The molecule has 0 aromatic heterocycles. The Morgan fingerprint density at radius 3 is 2.58 bits per heavy atom. The number of benzene rings is 2. The third-order valence-electron chi connectivity index (χ3n) is 3.32. The van der Waals surface area contributed by atoms with E-state index in [1.807, 2.05) is 24.3 Å². The second-order valence-corrected chi connectivity index (χ2v) is 5.03. The van der Waals surface area contributed by atoms with Crippen molar-refractivity contribution in [2.24, 2.45) is 4.99 Å². The van der Waals surface area contributed by atoms with Crippen LogP contribution in [0.4, 0.5) is 4.39 Å². The Labute approximate surface area is 138 Å². The van der Waals surface area contributed by atoms with Gasteiger partial charge in [0.15, 0.2) is 5.70 Å². The smallest absolute Gasteiger partial charge is 0.363 e. The van der Waals surface area contributed by atoms with Crippen molar-refractivity contribution < 1.29 is 18.7 Å². The summed E-state index contributed by atoms with van der Waals surface area (Å²) < 4.78 is 23.3. The molecular weight excluding hydrogens is 309 g/mol. The minimum absolute atomic E-state index is 0.134. The highest BCUT2D eigenvalue weighted by molar-refractivity contribution is 6.11. The average molecular weight is 323 g/mol. The number of halogens is 1. The standard InChI is InChI=1S/C19H14FNO3/c1-23-16-8-5-13(6-9-16)7-10-18-21-17(19(22)24-18)12-14-3-2-4-15(20)11-14/h2-12H,1H3/b10-7+,17-12-. The molecule has 2 aromatic carbocycles. The van der Waals surface area contributed by atoms with Gasteiger partial charge in [-0.3, -0.25) is 0 Å². The molecule has 1 aliphatic rings. The molecule has 1 heterocycles. The number of hydrogen-bond donors (Lipinski definition) is 0. The van der Waals surface area contributed by atoms with Gasteiger partial charge < -0.3 is 9.47 Å². The lowest BCUT2D eigenvalue weighted by atomic mass is 10.2. The highest BCUT2D eigenvalue weighted by Gasteiger charge is 2.21. The van der Waals surface area contributed by atoms with Crippen molar-refractivity contribution in [3.05, 3.63) is 77.2 Å². The number of carbonyl (C=O) groups is 1. The van der Waals surface area contributed by atoms with E-state index in [9.17, 15) is 9.18 Å². The van der Waals surface area contributed by atoms with Crippen LogP contribution < -0.4 is 4.74 Å². The van der Waals surface area contributed by atoms with E-state index in [1.54, 1.807) is 31.4 Å².